The molecule has 0 radical (unpaired) electrons. The smallest absolute Gasteiger partial charge is 0.453 e. The number of carbonyl (C=O) groups excluding carboxylic acids is 2. The molecule has 4 N–H and O–H groups in total. The van der Waals surface area contributed by atoms with E-state index < -0.39 is 13.2 Å². The van der Waals surface area contributed by atoms with E-state index in [0.717, 1.165) is 10.9 Å². The number of hydrogen-bond acceptors (Lipinski definition) is 5. The topological polar surface area (TPSA) is 112 Å². The number of nitrogens with one attached hydrogen (secondary N) is 2. The molecule has 3 rings (SSSR count). The largest absolute Gasteiger partial charge is 0.464 e. The van der Waals surface area contributed by atoms with E-state index in [2.05, 4.69) is 10.6 Å². The zero-order valence-electron chi connectivity index (χ0n) is 15.4. The first-order valence-electron chi connectivity index (χ1n) is 8.90. The molecule has 144 valence electrons. The van der Waals surface area contributed by atoms with Gasteiger partial charge in [0.15, 0.2) is 0 Å². The second-order valence-corrected chi connectivity index (χ2v) is 6.58. The van der Waals surface area contributed by atoms with E-state index >= 15 is 0 Å². The first kappa shape index (κ1) is 19.7. The molecule has 1 atom stereocenters. The van der Waals surface area contributed by atoms with E-state index in [4.69, 9.17) is 4.42 Å². The molecule has 3 aromatic rings. The number of anilines is 1. The van der Waals surface area contributed by atoms with Crippen LogP contribution in [-0.2, 0) is 16.0 Å². The number of benzene rings is 2. The molecule has 0 saturated carbocycles. The highest BCUT2D eigenvalue weighted by Crippen LogP contribution is 2.29. The van der Waals surface area contributed by atoms with Crippen LogP contribution in [0.15, 0.2) is 59.2 Å². The molecule has 0 saturated heterocycles. The summed E-state index contributed by atoms with van der Waals surface area (Å²) < 4.78 is 5.51. The Morgan fingerprint density at radius 2 is 1.82 bits per heavy atom. The minimum absolute atomic E-state index is 0.0588. The molecule has 1 unspecified atom stereocenters. The summed E-state index contributed by atoms with van der Waals surface area (Å²) in [6.07, 6.45) is 1.59. The third-order valence-electron chi connectivity index (χ3n) is 4.31. The van der Waals surface area contributed by atoms with Crippen LogP contribution >= 0.6 is 0 Å². The summed E-state index contributed by atoms with van der Waals surface area (Å²) in [5, 5.41) is 25.2. The summed E-state index contributed by atoms with van der Waals surface area (Å²) in [6.45, 7) is 1.43. The normalized spacial score (nSPS) is 11.8. The van der Waals surface area contributed by atoms with Crippen LogP contribution in [0.2, 0.25) is 6.32 Å². The SMILES string of the molecule is CC(=O)Nc1ccc(CC(=O)NC(CB(O)O)c2coc3ccccc23)cc1. The van der Waals surface area contributed by atoms with Gasteiger partial charge in [-0.25, -0.2) is 0 Å². The number of para-hydroxylation sites is 1. The van der Waals surface area contributed by atoms with Crippen molar-refractivity contribution in [1.82, 2.24) is 5.32 Å². The highest BCUT2D eigenvalue weighted by Gasteiger charge is 2.24. The Hall–Kier alpha value is -3.10. The fraction of sp³-hybridized carbons (Fsp3) is 0.200. The van der Waals surface area contributed by atoms with E-state index in [9.17, 15) is 19.6 Å². The fourth-order valence-corrected chi connectivity index (χ4v) is 3.08. The van der Waals surface area contributed by atoms with Gasteiger partial charge in [-0.05, 0) is 23.8 Å². The van der Waals surface area contributed by atoms with Gasteiger partial charge in [0.25, 0.3) is 0 Å². The van der Waals surface area contributed by atoms with Gasteiger partial charge in [-0.2, -0.15) is 0 Å². The molecular formula is C20H21BN2O5. The quantitative estimate of drug-likeness (QED) is 0.470. The monoisotopic (exact) mass is 380 g/mol. The van der Waals surface area contributed by atoms with Gasteiger partial charge in [0.05, 0.1) is 18.7 Å². The van der Waals surface area contributed by atoms with Crippen LogP contribution in [0.25, 0.3) is 11.0 Å². The molecule has 0 aliphatic rings. The Balaban J connectivity index is 1.72. The number of fused-ring (bicyclic) bond motifs is 1. The first-order valence-corrected chi connectivity index (χ1v) is 8.90. The third-order valence-corrected chi connectivity index (χ3v) is 4.31. The number of rotatable bonds is 7. The van der Waals surface area contributed by atoms with E-state index in [1.54, 1.807) is 24.3 Å². The average molecular weight is 380 g/mol. The second-order valence-electron chi connectivity index (χ2n) is 6.58. The van der Waals surface area contributed by atoms with Crippen LogP contribution in [0.1, 0.15) is 24.1 Å². The fourth-order valence-electron chi connectivity index (χ4n) is 3.08. The molecule has 0 fully saturated rings. The number of hydrogen-bond donors (Lipinski definition) is 4. The Kier molecular flexibility index (Phi) is 6.13. The minimum atomic E-state index is -1.57. The summed E-state index contributed by atoms with van der Waals surface area (Å²) in [7, 11) is -1.57. The lowest BCUT2D eigenvalue weighted by molar-refractivity contribution is -0.121. The minimum Gasteiger partial charge on any atom is -0.464 e. The van der Waals surface area contributed by atoms with Crippen LogP contribution in [0, 0.1) is 0 Å². The van der Waals surface area contributed by atoms with Crippen molar-refractivity contribution in [1.29, 1.82) is 0 Å². The third kappa shape index (κ3) is 5.00. The van der Waals surface area contributed by atoms with Gasteiger partial charge in [0, 0.05) is 29.9 Å². The number of carbonyl (C=O) groups is 2. The zero-order valence-corrected chi connectivity index (χ0v) is 15.4. The molecule has 8 heteroatoms. The molecule has 2 amide bonds. The Labute approximate surface area is 162 Å². The molecule has 0 aliphatic carbocycles. The van der Waals surface area contributed by atoms with Crippen LogP contribution in [0.5, 0.6) is 0 Å². The van der Waals surface area contributed by atoms with Gasteiger partial charge in [0.2, 0.25) is 11.8 Å². The van der Waals surface area contributed by atoms with Crippen molar-refractivity contribution in [2.45, 2.75) is 25.7 Å². The predicted octanol–water partition coefficient (Wildman–Crippen LogP) is 2.26. The molecule has 2 aromatic carbocycles. The Morgan fingerprint density at radius 1 is 1.11 bits per heavy atom. The van der Waals surface area contributed by atoms with Crippen molar-refractivity contribution in [3.63, 3.8) is 0 Å². The van der Waals surface area contributed by atoms with Gasteiger partial charge in [0.1, 0.15) is 5.58 Å². The molecular weight excluding hydrogens is 359 g/mol. The lowest BCUT2D eigenvalue weighted by Crippen LogP contribution is -2.32. The molecule has 1 heterocycles. The van der Waals surface area contributed by atoms with Crippen molar-refractivity contribution in [2.75, 3.05) is 5.32 Å². The highest BCUT2D eigenvalue weighted by molar-refractivity contribution is 6.41. The zero-order chi connectivity index (χ0) is 20.1. The van der Waals surface area contributed by atoms with Gasteiger partial charge < -0.3 is 25.1 Å². The van der Waals surface area contributed by atoms with E-state index in [-0.39, 0.29) is 24.6 Å². The van der Waals surface area contributed by atoms with E-state index in [1.165, 1.54) is 13.2 Å². The molecule has 0 bridgehead atoms. The van der Waals surface area contributed by atoms with Crippen molar-refractivity contribution in [2.24, 2.45) is 0 Å². The number of furan rings is 1. The summed E-state index contributed by atoms with van der Waals surface area (Å²) >= 11 is 0. The predicted molar refractivity (Wildman–Crippen MR) is 107 cm³/mol. The van der Waals surface area contributed by atoms with E-state index in [1.807, 2.05) is 24.3 Å². The lowest BCUT2D eigenvalue weighted by Gasteiger charge is -2.18. The van der Waals surface area contributed by atoms with Crippen molar-refractivity contribution in [3.05, 3.63) is 65.9 Å². The maximum absolute atomic E-state index is 12.5. The first-order chi connectivity index (χ1) is 13.4. The summed E-state index contributed by atoms with van der Waals surface area (Å²) in [4.78, 5) is 23.6. The summed E-state index contributed by atoms with van der Waals surface area (Å²) in [5.41, 5.74) is 2.78. The maximum Gasteiger partial charge on any atom is 0.453 e. The lowest BCUT2D eigenvalue weighted by atomic mass is 9.79. The van der Waals surface area contributed by atoms with Crippen LogP contribution in [0.4, 0.5) is 5.69 Å². The summed E-state index contributed by atoms with van der Waals surface area (Å²) in [5.74, 6) is -0.425. The highest BCUT2D eigenvalue weighted by atomic mass is 16.4. The maximum atomic E-state index is 12.5. The van der Waals surface area contributed by atoms with Gasteiger partial charge in [-0.15, -0.1) is 0 Å². The number of amides is 2. The van der Waals surface area contributed by atoms with Crippen molar-refractivity contribution in [3.8, 4) is 0 Å². The van der Waals surface area contributed by atoms with Crippen LogP contribution in [-0.4, -0.2) is 29.0 Å². The van der Waals surface area contributed by atoms with Crippen LogP contribution < -0.4 is 10.6 Å². The Bertz CT molecular complexity index is 968. The van der Waals surface area contributed by atoms with Gasteiger partial charge >= 0.3 is 7.12 Å². The van der Waals surface area contributed by atoms with Gasteiger partial charge in [-0.3, -0.25) is 9.59 Å². The van der Waals surface area contributed by atoms with Crippen LogP contribution in [0.3, 0.4) is 0 Å². The van der Waals surface area contributed by atoms with E-state index in [0.29, 0.717) is 16.8 Å². The Morgan fingerprint density at radius 3 is 2.50 bits per heavy atom. The molecule has 0 aliphatic heterocycles. The van der Waals surface area contributed by atoms with Crippen molar-refractivity contribution < 1.29 is 24.1 Å². The standard InChI is InChI=1S/C20H21BN2O5/c1-13(24)22-15-8-6-14(7-9-15)10-20(25)23-18(11-21(26)27)17-12-28-19-5-3-2-4-16(17)19/h2-9,12,18,26-27H,10-11H2,1H3,(H,22,24)(H,23,25). The van der Waals surface area contributed by atoms with Crippen molar-refractivity contribution >= 4 is 35.6 Å². The van der Waals surface area contributed by atoms with Gasteiger partial charge in [-0.1, -0.05) is 30.3 Å². The second kappa shape index (κ2) is 8.73. The summed E-state index contributed by atoms with van der Waals surface area (Å²) in [6, 6.07) is 13.7. The molecule has 0 spiro atoms. The molecule has 1 aromatic heterocycles. The molecule has 7 nitrogen and oxygen atoms in total. The molecule has 28 heavy (non-hydrogen) atoms. The average Bonchev–Trinajstić information content (AvgIpc) is 3.06.